The Morgan fingerprint density at radius 2 is 1.95 bits per heavy atom. The van der Waals surface area contributed by atoms with E-state index in [1.54, 1.807) is 14.0 Å². The number of likely N-dealkylation sites (N-methyl/N-ethyl adjacent to an activating group) is 1. The Bertz CT molecular complexity index is 529. The Morgan fingerprint density at radius 3 is 2.42 bits per heavy atom. The highest BCUT2D eigenvalue weighted by Gasteiger charge is 2.22. The number of amides is 1. The van der Waals surface area contributed by atoms with Gasteiger partial charge in [-0.25, -0.2) is 18.4 Å². The second-order valence-electron chi connectivity index (χ2n) is 3.73. The normalized spacial score (nSPS) is 12.8. The molecule has 1 aromatic heterocycles. The standard InChI is InChI=1S/C10H17N5O3S/c1-4-12-9(16)7(2)15-19(17,18)8-5-13-10(11-3)14-6-8/h5-7,15H,4H2,1-3H3,(H,12,16)(H,11,13,14). The SMILES string of the molecule is CCNC(=O)C(C)NS(=O)(=O)c1cnc(NC)nc1. The molecule has 8 nitrogen and oxygen atoms in total. The lowest BCUT2D eigenvalue weighted by atomic mass is 10.3. The van der Waals surface area contributed by atoms with Crippen molar-refractivity contribution >= 4 is 21.9 Å². The third-order valence-electron chi connectivity index (χ3n) is 2.24. The van der Waals surface area contributed by atoms with Gasteiger partial charge in [-0.2, -0.15) is 4.72 Å². The van der Waals surface area contributed by atoms with Crippen molar-refractivity contribution in [3.63, 3.8) is 0 Å². The van der Waals surface area contributed by atoms with Crippen LogP contribution in [0, 0.1) is 0 Å². The molecule has 0 saturated carbocycles. The molecule has 9 heteroatoms. The molecule has 0 spiro atoms. The summed E-state index contributed by atoms with van der Waals surface area (Å²) in [6.45, 7) is 3.65. The molecule has 0 aliphatic heterocycles. The highest BCUT2D eigenvalue weighted by Crippen LogP contribution is 2.07. The molecule has 106 valence electrons. The quantitative estimate of drug-likeness (QED) is 0.639. The summed E-state index contributed by atoms with van der Waals surface area (Å²) < 4.78 is 26.2. The van der Waals surface area contributed by atoms with Crippen LogP contribution in [0.1, 0.15) is 13.8 Å². The fourth-order valence-electron chi connectivity index (χ4n) is 1.27. The van der Waals surface area contributed by atoms with Gasteiger partial charge in [0.2, 0.25) is 21.9 Å². The predicted molar refractivity (Wildman–Crippen MR) is 70.0 cm³/mol. The third kappa shape index (κ3) is 4.14. The minimum Gasteiger partial charge on any atom is -0.357 e. The molecule has 1 rings (SSSR count). The van der Waals surface area contributed by atoms with E-state index in [0.717, 1.165) is 0 Å². The molecule has 0 aromatic carbocycles. The summed E-state index contributed by atoms with van der Waals surface area (Å²) in [5, 5.41) is 5.21. The van der Waals surface area contributed by atoms with Crippen LogP contribution in [0.5, 0.6) is 0 Å². The smallest absolute Gasteiger partial charge is 0.244 e. The van der Waals surface area contributed by atoms with Gasteiger partial charge < -0.3 is 10.6 Å². The lowest BCUT2D eigenvalue weighted by molar-refractivity contribution is -0.122. The van der Waals surface area contributed by atoms with Gasteiger partial charge >= 0.3 is 0 Å². The second-order valence-corrected chi connectivity index (χ2v) is 5.44. The maximum Gasteiger partial charge on any atom is 0.244 e. The summed E-state index contributed by atoms with van der Waals surface area (Å²) in [5.74, 6) is -0.0745. The number of anilines is 1. The number of carbonyl (C=O) groups is 1. The van der Waals surface area contributed by atoms with E-state index < -0.39 is 16.1 Å². The van der Waals surface area contributed by atoms with E-state index in [9.17, 15) is 13.2 Å². The van der Waals surface area contributed by atoms with Crippen LogP contribution in [0.25, 0.3) is 0 Å². The van der Waals surface area contributed by atoms with Crippen molar-refractivity contribution < 1.29 is 13.2 Å². The zero-order valence-corrected chi connectivity index (χ0v) is 11.8. The maximum absolute atomic E-state index is 12.0. The molecule has 1 heterocycles. The molecule has 19 heavy (non-hydrogen) atoms. The van der Waals surface area contributed by atoms with Gasteiger partial charge in [0.15, 0.2) is 0 Å². The van der Waals surface area contributed by atoms with E-state index in [4.69, 9.17) is 0 Å². The number of sulfonamides is 1. The van der Waals surface area contributed by atoms with Crippen LogP contribution in [0.15, 0.2) is 17.3 Å². The lowest BCUT2D eigenvalue weighted by Crippen LogP contribution is -2.44. The van der Waals surface area contributed by atoms with E-state index >= 15 is 0 Å². The van der Waals surface area contributed by atoms with Gasteiger partial charge in [-0.05, 0) is 13.8 Å². The molecule has 0 radical (unpaired) electrons. The summed E-state index contributed by atoms with van der Waals surface area (Å²) in [4.78, 5) is 19.0. The monoisotopic (exact) mass is 287 g/mol. The molecule has 0 bridgehead atoms. The number of carbonyl (C=O) groups excluding carboxylic acids is 1. The number of nitrogens with one attached hydrogen (secondary N) is 3. The summed E-state index contributed by atoms with van der Waals surface area (Å²) in [5.41, 5.74) is 0. The van der Waals surface area contributed by atoms with Gasteiger partial charge in [-0.15, -0.1) is 0 Å². The van der Waals surface area contributed by atoms with Crippen LogP contribution in [-0.4, -0.2) is 43.9 Å². The Hall–Kier alpha value is -1.74. The molecular formula is C10H17N5O3S. The van der Waals surface area contributed by atoms with Crippen LogP contribution in [0.3, 0.4) is 0 Å². The van der Waals surface area contributed by atoms with Crippen molar-refractivity contribution in [3.05, 3.63) is 12.4 Å². The molecule has 0 aliphatic carbocycles. The molecule has 3 N–H and O–H groups in total. The first-order chi connectivity index (χ1) is 8.90. The summed E-state index contributed by atoms with van der Waals surface area (Å²) >= 11 is 0. The molecule has 0 aliphatic rings. The minimum absolute atomic E-state index is 0.0948. The number of aromatic nitrogens is 2. The molecular weight excluding hydrogens is 270 g/mol. The summed E-state index contributed by atoms with van der Waals surface area (Å²) in [6, 6.07) is -0.867. The minimum atomic E-state index is -3.81. The van der Waals surface area contributed by atoms with Crippen LogP contribution >= 0.6 is 0 Å². The summed E-state index contributed by atoms with van der Waals surface area (Å²) in [7, 11) is -2.19. The molecule has 0 fully saturated rings. The first kappa shape index (κ1) is 15.3. The fourth-order valence-corrected chi connectivity index (χ4v) is 2.36. The van der Waals surface area contributed by atoms with Crippen LogP contribution in [-0.2, 0) is 14.8 Å². The molecule has 1 unspecified atom stereocenters. The number of hydrogen-bond acceptors (Lipinski definition) is 6. The Balaban J connectivity index is 2.82. The Labute approximate surface area is 112 Å². The fraction of sp³-hybridized carbons (Fsp3) is 0.500. The maximum atomic E-state index is 12.0. The summed E-state index contributed by atoms with van der Waals surface area (Å²) in [6.07, 6.45) is 2.34. The van der Waals surface area contributed by atoms with Crippen molar-refractivity contribution in [2.24, 2.45) is 0 Å². The third-order valence-corrected chi connectivity index (χ3v) is 3.73. The number of rotatable bonds is 6. The Morgan fingerprint density at radius 1 is 1.37 bits per heavy atom. The van der Waals surface area contributed by atoms with Crippen molar-refractivity contribution in [2.75, 3.05) is 18.9 Å². The zero-order valence-electron chi connectivity index (χ0n) is 11.0. The van der Waals surface area contributed by atoms with Crippen molar-refractivity contribution in [3.8, 4) is 0 Å². The number of nitrogens with zero attached hydrogens (tertiary/aromatic N) is 2. The highest BCUT2D eigenvalue weighted by molar-refractivity contribution is 7.89. The Kier molecular flexibility index (Phi) is 5.19. The van der Waals surface area contributed by atoms with E-state index in [1.807, 2.05) is 0 Å². The van der Waals surface area contributed by atoms with Crippen LogP contribution < -0.4 is 15.4 Å². The average Bonchev–Trinajstić information content (AvgIpc) is 2.38. The van der Waals surface area contributed by atoms with E-state index in [2.05, 4.69) is 25.3 Å². The van der Waals surface area contributed by atoms with Gasteiger partial charge in [0, 0.05) is 13.6 Å². The first-order valence-electron chi connectivity index (χ1n) is 5.70. The highest BCUT2D eigenvalue weighted by atomic mass is 32.2. The lowest BCUT2D eigenvalue weighted by Gasteiger charge is -2.13. The van der Waals surface area contributed by atoms with Crippen molar-refractivity contribution in [1.29, 1.82) is 0 Å². The van der Waals surface area contributed by atoms with Gasteiger partial charge in [-0.1, -0.05) is 0 Å². The molecule has 1 amide bonds. The largest absolute Gasteiger partial charge is 0.357 e. The van der Waals surface area contributed by atoms with Crippen LogP contribution in [0.4, 0.5) is 5.95 Å². The topological polar surface area (TPSA) is 113 Å². The average molecular weight is 287 g/mol. The molecule has 1 atom stereocenters. The van der Waals surface area contributed by atoms with Crippen molar-refractivity contribution in [1.82, 2.24) is 20.0 Å². The van der Waals surface area contributed by atoms with E-state index in [0.29, 0.717) is 12.5 Å². The molecule has 0 saturated heterocycles. The van der Waals surface area contributed by atoms with Gasteiger partial charge in [-0.3, -0.25) is 4.79 Å². The first-order valence-corrected chi connectivity index (χ1v) is 7.19. The molecule has 1 aromatic rings. The second kappa shape index (κ2) is 6.43. The van der Waals surface area contributed by atoms with Crippen LogP contribution in [0.2, 0.25) is 0 Å². The van der Waals surface area contributed by atoms with Crippen molar-refractivity contribution in [2.45, 2.75) is 24.8 Å². The predicted octanol–water partition coefficient (Wildman–Crippen LogP) is -0.679. The van der Waals surface area contributed by atoms with Gasteiger partial charge in [0.05, 0.1) is 18.4 Å². The van der Waals surface area contributed by atoms with E-state index in [-0.39, 0.29) is 10.8 Å². The van der Waals surface area contributed by atoms with Gasteiger partial charge in [0.25, 0.3) is 0 Å². The van der Waals surface area contributed by atoms with Gasteiger partial charge in [0.1, 0.15) is 4.90 Å². The van der Waals surface area contributed by atoms with E-state index in [1.165, 1.54) is 19.3 Å². The zero-order chi connectivity index (χ0) is 14.5. The number of hydrogen-bond donors (Lipinski definition) is 3.